The predicted molar refractivity (Wildman–Crippen MR) is 151 cm³/mol. The number of fused-ring (bicyclic) bond motifs is 1. The number of rotatable bonds is 9. The summed E-state index contributed by atoms with van der Waals surface area (Å²) in [5.74, 6) is 1.96. The highest BCUT2D eigenvalue weighted by Gasteiger charge is 2.27. The van der Waals surface area contributed by atoms with Crippen molar-refractivity contribution < 1.29 is 9.59 Å². The van der Waals surface area contributed by atoms with Gasteiger partial charge < -0.3 is 19.7 Å². The molecule has 0 aliphatic carbocycles. The fraction of sp³-hybridized carbons (Fsp3) is 0.556. The minimum atomic E-state index is -0.145. The third-order valence-corrected chi connectivity index (χ3v) is 8.14. The molecule has 208 valence electrons. The molecule has 0 unspecified atom stereocenters. The van der Waals surface area contributed by atoms with Crippen LogP contribution in [0.2, 0.25) is 5.28 Å². The van der Waals surface area contributed by atoms with Crippen molar-refractivity contribution >= 4 is 46.6 Å². The Morgan fingerprint density at radius 3 is 2.54 bits per heavy atom. The quantitative estimate of drug-likeness (QED) is 0.318. The number of carbonyl (C=O) groups is 2. The van der Waals surface area contributed by atoms with Crippen LogP contribution in [0.5, 0.6) is 0 Å². The van der Waals surface area contributed by atoms with Gasteiger partial charge in [0.2, 0.25) is 17.6 Å². The van der Waals surface area contributed by atoms with E-state index in [-0.39, 0.29) is 24.2 Å². The first-order chi connectivity index (χ1) is 18.9. The molecule has 0 radical (unpaired) electrons. The predicted octanol–water partition coefficient (Wildman–Crippen LogP) is 2.84. The Morgan fingerprint density at radius 1 is 1.10 bits per heavy atom. The second kappa shape index (κ2) is 12.3. The van der Waals surface area contributed by atoms with Crippen LogP contribution in [0.4, 0.5) is 11.6 Å². The van der Waals surface area contributed by atoms with Crippen molar-refractivity contribution in [3.05, 3.63) is 35.4 Å². The number of piperidine rings is 2. The molecular weight excluding hydrogens is 518 g/mol. The molecule has 0 aromatic carbocycles. The highest BCUT2D eigenvalue weighted by molar-refractivity contribution is 6.28. The van der Waals surface area contributed by atoms with E-state index in [9.17, 15) is 9.59 Å². The third-order valence-electron chi connectivity index (χ3n) is 7.97. The Bertz CT molecular complexity index is 1280. The van der Waals surface area contributed by atoms with Gasteiger partial charge in [0.1, 0.15) is 11.5 Å². The highest BCUT2D eigenvalue weighted by Crippen LogP contribution is 2.32. The lowest BCUT2D eigenvalue weighted by Crippen LogP contribution is -2.42. The van der Waals surface area contributed by atoms with Gasteiger partial charge in [0.05, 0.1) is 11.1 Å². The summed E-state index contributed by atoms with van der Waals surface area (Å²) in [5.41, 5.74) is 1.67. The fourth-order valence-electron chi connectivity index (χ4n) is 5.71. The third kappa shape index (κ3) is 6.30. The number of anilines is 2. The average molecular weight is 554 g/mol. The molecule has 2 aliphatic heterocycles. The van der Waals surface area contributed by atoms with Crippen LogP contribution in [0.1, 0.15) is 43.8 Å². The molecule has 11 nitrogen and oxygen atoms in total. The van der Waals surface area contributed by atoms with Crippen molar-refractivity contribution in [3.8, 4) is 0 Å². The van der Waals surface area contributed by atoms with Gasteiger partial charge in [0, 0.05) is 65.0 Å². The number of aromatic nitrogens is 5. The summed E-state index contributed by atoms with van der Waals surface area (Å²) in [6, 6.07) is 6.34. The minimum absolute atomic E-state index is 0.0876. The summed E-state index contributed by atoms with van der Waals surface area (Å²) < 4.78 is 2.17. The maximum Gasteiger partial charge on any atom is 0.226 e. The zero-order chi connectivity index (χ0) is 27.4. The molecule has 2 fully saturated rings. The number of amides is 2. The van der Waals surface area contributed by atoms with Gasteiger partial charge in [-0.2, -0.15) is 15.1 Å². The van der Waals surface area contributed by atoms with E-state index in [4.69, 9.17) is 11.6 Å². The Balaban J connectivity index is 1.18. The van der Waals surface area contributed by atoms with Crippen LogP contribution < -0.4 is 15.1 Å². The number of likely N-dealkylation sites (tertiary alicyclic amines) is 1. The molecule has 39 heavy (non-hydrogen) atoms. The van der Waals surface area contributed by atoms with Crippen molar-refractivity contribution in [1.29, 1.82) is 0 Å². The monoisotopic (exact) mass is 553 g/mol. The Hall–Kier alpha value is -3.31. The summed E-state index contributed by atoms with van der Waals surface area (Å²) >= 11 is 6.29. The van der Waals surface area contributed by atoms with Crippen LogP contribution in [0.25, 0.3) is 11.0 Å². The summed E-state index contributed by atoms with van der Waals surface area (Å²) in [4.78, 5) is 38.8. The number of hydrogen-bond acceptors (Lipinski definition) is 8. The lowest BCUT2D eigenvalue weighted by Gasteiger charge is -2.38. The first-order valence-electron chi connectivity index (χ1n) is 13.7. The van der Waals surface area contributed by atoms with Crippen LogP contribution in [0, 0.1) is 12.8 Å². The average Bonchev–Trinajstić information content (AvgIpc) is 3.38. The van der Waals surface area contributed by atoms with Gasteiger partial charge in [0.25, 0.3) is 0 Å². The van der Waals surface area contributed by atoms with Gasteiger partial charge in [-0.1, -0.05) is 0 Å². The Morgan fingerprint density at radius 2 is 1.87 bits per heavy atom. The molecule has 3 aromatic heterocycles. The van der Waals surface area contributed by atoms with Crippen LogP contribution in [0.15, 0.2) is 24.4 Å². The van der Waals surface area contributed by atoms with E-state index in [1.54, 1.807) is 7.05 Å². The largest absolute Gasteiger partial charge is 0.359 e. The molecule has 12 heteroatoms. The van der Waals surface area contributed by atoms with E-state index >= 15 is 0 Å². The lowest BCUT2D eigenvalue weighted by atomic mass is 9.94. The molecule has 1 N–H and O–H groups in total. The number of carbonyl (C=O) groups excluding carboxylic acids is 2. The van der Waals surface area contributed by atoms with Crippen molar-refractivity contribution in [2.24, 2.45) is 5.92 Å². The first-order valence-corrected chi connectivity index (χ1v) is 14.1. The molecule has 3 aromatic rings. The maximum absolute atomic E-state index is 11.8. The van der Waals surface area contributed by atoms with Gasteiger partial charge in [-0.3, -0.25) is 14.5 Å². The standard InChI is InChI=1S/C27H36ClN9O2/c1-19-3-4-23(33-32-19)35-13-5-20(6-14-35)17-34-11-7-21(8-12-34)37-16-9-22-25(30-27(28)31-26(22)37)36(18-38)15-10-24(39)29-2/h3-4,9,16,18,20-21H,5-8,10-15,17H2,1-2H3,(H,29,39). The highest BCUT2D eigenvalue weighted by atomic mass is 35.5. The lowest BCUT2D eigenvalue weighted by molar-refractivity contribution is -0.120. The Kier molecular flexibility index (Phi) is 8.56. The number of nitrogens with zero attached hydrogens (tertiary/aromatic N) is 8. The zero-order valence-corrected chi connectivity index (χ0v) is 23.3. The van der Waals surface area contributed by atoms with Crippen LogP contribution in [0.3, 0.4) is 0 Å². The van der Waals surface area contributed by atoms with E-state index in [0.29, 0.717) is 24.2 Å². The van der Waals surface area contributed by atoms with E-state index in [0.717, 1.165) is 68.1 Å². The number of nitrogens with one attached hydrogen (secondary N) is 1. The molecule has 5 rings (SSSR count). The minimum Gasteiger partial charge on any atom is -0.359 e. The summed E-state index contributed by atoms with van der Waals surface area (Å²) in [6.45, 7) is 7.43. The molecule has 2 amide bonds. The molecular formula is C27H36ClN9O2. The number of halogens is 1. The molecule has 2 saturated heterocycles. The van der Waals surface area contributed by atoms with E-state index < -0.39 is 0 Å². The maximum atomic E-state index is 11.8. The fourth-order valence-corrected chi connectivity index (χ4v) is 5.87. The molecule has 0 bridgehead atoms. The van der Waals surface area contributed by atoms with Crippen molar-refractivity contribution in [2.75, 3.05) is 56.1 Å². The number of aryl methyl sites for hydroxylation is 1. The van der Waals surface area contributed by atoms with Gasteiger partial charge in [0.15, 0.2) is 5.82 Å². The molecule has 0 atom stereocenters. The molecule has 0 saturated carbocycles. The zero-order valence-electron chi connectivity index (χ0n) is 22.6. The van der Waals surface area contributed by atoms with Gasteiger partial charge in [-0.25, -0.2) is 0 Å². The Labute approximate surface area is 233 Å². The normalized spacial score (nSPS) is 17.5. The van der Waals surface area contributed by atoms with Crippen LogP contribution in [-0.2, 0) is 9.59 Å². The summed E-state index contributed by atoms with van der Waals surface area (Å²) in [7, 11) is 1.57. The summed E-state index contributed by atoms with van der Waals surface area (Å²) in [5, 5.41) is 12.0. The smallest absolute Gasteiger partial charge is 0.226 e. The molecule has 5 heterocycles. The second-order valence-corrected chi connectivity index (χ2v) is 10.8. The number of hydrogen-bond donors (Lipinski definition) is 1. The van der Waals surface area contributed by atoms with Crippen LogP contribution >= 0.6 is 11.6 Å². The molecule has 2 aliphatic rings. The molecule has 0 spiro atoms. The van der Waals surface area contributed by atoms with Gasteiger partial charge >= 0.3 is 0 Å². The topological polar surface area (TPSA) is 112 Å². The van der Waals surface area contributed by atoms with Gasteiger partial charge in [-0.05, 0) is 68.3 Å². The van der Waals surface area contributed by atoms with Crippen molar-refractivity contribution in [2.45, 2.75) is 45.1 Å². The van der Waals surface area contributed by atoms with E-state index in [1.807, 2.05) is 25.3 Å². The van der Waals surface area contributed by atoms with E-state index in [2.05, 4.69) is 45.9 Å². The second-order valence-electron chi connectivity index (χ2n) is 10.5. The van der Waals surface area contributed by atoms with Crippen LogP contribution in [-0.4, -0.2) is 88.3 Å². The SMILES string of the molecule is CNC(=O)CCN(C=O)c1nc(Cl)nc2c1ccn2C1CCN(CC2CCN(c3ccc(C)nn3)CC2)CC1. The van der Waals surface area contributed by atoms with Crippen molar-refractivity contribution in [3.63, 3.8) is 0 Å². The summed E-state index contributed by atoms with van der Waals surface area (Å²) in [6.07, 6.45) is 7.27. The van der Waals surface area contributed by atoms with Crippen molar-refractivity contribution in [1.82, 2.24) is 34.9 Å². The first kappa shape index (κ1) is 27.3. The van der Waals surface area contributed by atoms with E-state index in [1.165, 1.54) is 17.7 Å². The van der Waals surface area contributed by atoms with Gasteiger partial charge in [-0.15, -0.1) is 5.10 Å².